The van der Waals surface area contributed by atoms with E-state index < -0.39 is 5.97 Å². The zero-order valence-corrected chi connectivity index (χ0v) is 10.4. The summed E-state index contributed by atoms with van der Waals surface area (Å²) in [6.07, 6.45) is 0. The summed E-state index contributed by atoms with van der Waals surface area (Å²) in [7, 11) is 0. The summed E-state index contributed by atoms with van der Waals surface area (Å²) in [5.41, 5.74) is 0.815. The highest BCUT2D eigenvalue weighted by molar-refractivity contribution is 6.29. The number of carbonyl (C=O) groups is 1. The Labute approximate surface area is 109 Å². The molecule has 6 heteroatoms. The molecular weight excluding hydrogens is 254 g/mol. The maximum absolute atomic E-state index is 11.8. The molecule has 2 heterocycles. The molecule has 2 rings (SSSR count). The number of esters is 1. The molecule has 92 valence electrons. The second-order valence-electron chi connectivity index (χ2n) is 3.54. The Balaban J connectivity index is 2.62. The Morgan fingerprint density at radius 3 is 3.06 bits per heavy atom. The van der Waals surface area contributed by atoms with Gasteiger partial charge in [0.15, 0.2) is 0 Å². The normalized spacial score (nSPS) is 10.3. The first-order chi connectivity index (χ1) is 8.67. The number of aromatic nitrogens is 2. The van der Waals surface area contributed by atoms with Crippen LogP contribution in [0.2, 0.25) is 5.15 Å². The highest BCUT2D eigenvalue weighted by atomic mass is 35.5. The molecule has 0 saturated heterocycles. The van der Waals surface area contributed by atoms with Gasteiger partial charge in [-0.25, -0.2) is 9.78 Å². The van der Waals surface area contributed by atoms with E-state index >= 15 is 0 Å². The number of fused-ring (bicyclic) bond motifs is 1. The van der Waals surface area contributed by atoms with Gasteiger partial charge in [0.2, 0.25) is 0 Å². The van der Waals surface area contributed by atoms with Crippen LogP contribution in [0.25, 0.3) is 11.0 Å². The van der Waals surface area contributed by atoms with E-state index in [9.17, 15) is 4.79 Å². The third-order valence-electron chi connectivity index (χ3n) is 2.42. The summed E-state index contributed by atoms with van der Waals surface area (Å²) in [5.74, 6) is -0.470. The summed E-state index contributed by atoms with van der Waals surface area (Å²) in [5, 5.41) is 9.88. The molecule has 18 heavy (non-hydrogen) atoms. The van der Waals surface area contributed by atoms with Crippen LogP contribution in [0.5, 0.6) is 0 Å². The van der Waals surface area contributed by atoms with Crippen molar-refractivity contribution in [3.8, 4) is 6.07 Å². The summed E-state index contributed by atoms with van der Waals surface area (Å²) < 4.78 is 6.44. The summed E-state index contributed by atoms with van der Waals surface area (Å²) in [6, 6.07) is 7.02. The van der Waals surface area contributed by atoms with Crippen molar-refractivity contribution in [2.45, 2.75) is 13.5 Å². The number of halogens is 1. The highest BCUT2D eigenvalue weighted by Gasteiger charge is 2.17. The van der Waals surface area contributed by atoms with E-state index in [1.54, 1.807) is 25.1 Å². The number of rotatable bonds is 3. The Morgan fingerprint density at radius 2 is 2.39 bits per heavy atom. The topological polar surface area (TPSA) is 67.9 Å². The second-order valence-corrected chi connectivity index (χ2v) is 3.93. The molecule has 0 atom stereocenters. The van der Waals surface area contributed by atoms with E-state index in [2.05, 4.69) is 4.98 Å². The predicted octanol–water partition coefficient (Wildman–Crippen LogP) is 2.39. The van der Waals surface area contributed by atoms with Gasteiger partial charge in [0, 0.05) is 5.39 Å². The van der Waals surface area contributed by atoms with Gasteiger partial charge in [0.05, 0.1) is 12.7 Å². The highest BCUT2D eigenvalue weighted by Crippen LogP contribution is 2.21. The predicted molar refractivity (Wildman–Crippen MR) is 66.3 cm³/mol. The summed E-state index contributed by atoms with van der Waals surface area (Å²) in [6.45, 7) is 2.02. The lowest BCUT2D eigenvalue weighted by Crippen LogP contribution is -2.12. The molecule has 0 aliphatic rings. The number of hydrogen-bond donors (Lipinski definition) is 0. The van der Waals surface area contributed by atoms with Gasteiger partial charge in [-0.1, -0.05) is 11.6 Å². The number of carbonyl (C=O) groups excluding carboxylic acids is 1. The largest absolute Gasteiger partial charge is 0.461 e. The first-order valence-corrected chi connectivity index (χ1v) is 5.75. The summed E-state index contributed by atoms with van der Waals surface area (Å²) in [4.78, 5) is 15.9. The molecule has 0 fully saturated rings. The first-order valence-electron chi connectivity index (χ1n) is 5.37. The Morgan fingerprint density at radius 1 is 1.61 bits per heavy atom. The van der Waals surface area contributed by atoms with Crippen molar-refractivity contribution in [2.75, 3.05) is 6.61 Å². The van der Waals surface area contributed by atoms with Crippen molar-refractivity contribution in [1.29, 1.82) is 5.26 Å². The van der Waals surface area contributed by atoms with E-state index in [0.717, 1.165) is 5.39 Å². The Bertz CT molecular complexity index is 643. The maximum atomic E-state index is 11.8. The minimum Gasteiger partial charge on any atom is -0.461 e. The molecule has 0 unspecified atom stereocenters. The number of hydrogen-bond acceptors (Lipinski definition) is 4. The standard InChI is InChI=1S/C12H10ClN3O2/c1-2-18-12(17)9-7-8-3-4-10(13)15-11(8)16(9)6-5-14/h3-4,7H,2,6H2,1H3. The molecule has 0 amide bonds. The van der Waals surface area contributed by atoms with E-state index in [1.807, 2.05) is 6.07 Å². The molecule has 2 aromatic rings. The average Bonchev–Trinajstić information content (AvgIpc) is 2.69. The van der Waals surface area contributed by atoms with Crippen molar-refractivity contribution in [3.05, 3.63) is 29.0 Å². The maximum Gasteiger partial charge on any atom is 0.355 e. The number of nitriles is 1. The second kappa shape index (κ2) is 5.07. The molecule has 0 aliphatic carbocycles. The van der Waals surface area contributed by atoms with Crippen LogP contribution in [0.15, 0.2) is 18.2 Å². The van der Waals surface area contributed by atoms with Crippen molar-refractivity contribution in [2.24, 2.45) is 0 Å². The minimum absolute atomic E-state index is 0.0188. The Kier molecular flexibility index (Phi) is 3.49. The lowest BCUT2D eigenvalue weighted by molar-refractivity contribution is 0.0515. The molecule has 0 aliphatic heterocycles. The molecule has 5 nitrogen and oxygen atoms in total. The quantitative estimate of drug-likeness (QED) is 0.630. The fourth-order valence-electron chi connectivity index (χ4n) is 1.71. The zero-order valence-electron chi connectivity index (χ0n) is 9.68. The van der Waals surface area contributed by atoms with Crippen LogP contribution in [-0.4, -0.2) is 22.1 Å². The minimum atomic E-state index is -0.470. The molecule has 2 aromatic heterocycles. The molecule has 0 radical (unpaired) electrons. The van der Waals surface area contributed by atoms with Crippen LogP contribution >= 0.6 is 11.6 Å². The van der Waals surface area contributed by atoms with Crippen LogP contribution in [0.4, 0.5) is 0 Å². The van der Waals surface area contributed by atoms with E-state index in [0.29, 0.717) is 16.5 Å². The van der Waals surface area contributed by atoms with Gasteiger partial charge in [0.25, 0.3) is 0 Å². The average molecular weight is 264 g/mol. The SMILES string of the molecule is CCOC(=O)c1cc2ccc(Cl)nc2n1CC#N. The zero-order chi connectivity index (χ0) is 13.1. The molecule has 0 N–H and O–H groups in total. The third-order valence-corrected chi connectivity index (χ3v) is 2.63. The fraction of sp³-hybridized carbons (Fsp3) is 0.250. The molecule has 0 bridgehead atoms. The van der Waals surface area contributed by atoms with Crippen molar-refractivity contribution in [3.63, 3.8) is 0 Å². The lowest BCUT2D eigenvalue weighted by Gasteiger charge is -2.05. The van der Waals surface area contributed by atoms with E-state index in [-0.39, 0.29) is 13.2 Å². The van der Waals surface area contributed by atoms with Crippen molar-refractivity contribution >= 4 is 28.6 Å². The van der Waals surface area contributed by atoms with Gasteiger partial charge < -0.3 is 9.30 Å². The smallest absolute Gasteiger partial charge is 0.355 e. The van der Waals surface area contributed by atoms with Crippen LogP contribution in [0.1, 0.15) is 17.4 Å². The first kappa shape index (κ1) is 12.4. The molecule has 0 saturated carbocycles. The van der Waals surface area contributed by atoms with Crippen LogP contribution in [0, 0.1) is 11.3 Å². The van der Waals surface area contributed by atoms with Gasteiger partial charge in [-0.3, -0.25) is 0 Å². The number of ether oxygens (including phenoxy) is 1. The van der Waals surface area contributed by atoms with Crippen LogP contribution < -0.4 is 0 Å². The number of nitrogens with zero attached hydrogens (tertiary/aromatic N) is 3. The van der Waals surface area contributed by atoms with Gasteiger partial charge in [-0.2, -0.15) is 5.26 Å². The van der Waals surface area contributed by atoms with Crippen molar-refractivity contribution < 1.29 is 9.53 Å². The van der Waals surface area contributed by atoms with Gasteiger partial charge >= 0.3 is 5.97 Å². The van der Waals surface area contributed by atoms with Gasteiger partial charge in [-0.15, -0.1) is 0 Å². The van der Waals surface area contributed by atoms with Crippen LogP contribution in [-0.2, 0) is 11.3 Å². The molecular formula is C12H10ClN3O2. The number of pyridine rings is 1. The van der Waals surface area contributed by atoms with Crippen LogP contribution in [0.3, 0.4) is 0 Å². The van der Waals surface area contributed by atoms with Crippen molar-refractivity contribution in [1.82, 2.24) is 9.55 Å². The molecule has 0 aromatic carbocycles. The monoisotopic (exact) mass is 263 g/mol. The van der Waals surface area contributed by atoms with Gasteiger partial charge in [-0.05, 0) is 25.1 Å². The fourth-order valence-corrected chi connectivity index (χ4v) is 1.85. The Hall–Kier alpha value is -2.06. The molecule has 0 spiro atoms. The summed E-state index contributed by atoms with van der Waals surface area (Å²) >= 11 is 5.82. The van der Waals surface area contributed by atoms with Gasteiger partial charge in [0.1, 0.15) is 23.0 Å². The lowest BCUT2D eigenvalue weighted by atomic mass is 10.3. The third kappa shape index (κ3) is 2.15. The van der Waals surface area contributed by atoms with E-state index in [4.69, 9.17) is 21.6 Å². The van der Waals surface area contributed by atoms with E-state index in [1.165, 1.54) is 4.57 Å².